The minimum atomic E-state index is -0.311. The highest BCUT2D eigenvalue weighted by Crippen LogP contribution is 2.48. The van der Waals surface area contributed by atoms with Crippen molar-refractivity contribution in [3.05, 3.63) is 83.0 Å². The lowest BCUT2D eigenvalue weighted by Crippen LogP contribution is -2.33. The van der Waals surface area contributed by atoms with Crippen molar-refractivity contribution in [2.75, 3.05) is 0 Å². The van der Waals surface area contributed by atoms with Gasteiger partial charge in [0.05, 0.1) is 12.3 Å². The molecule has 0 saturated carbocycles. The van der Waals surface area contributed by atoms with Gasteiger partial charge >= 0.3 is 0 Å². The number of furan rings is 1. The molecule has 0 spiro atoms. The second kappa shape index (κ2) is 5.63. The quantitative estimate of drug-likeness (QED) is 0.678. The van der Waals surface area contributed by atoms with Crippen molar-refractivity contribution in [1.82, 2.24) is 9.99 Å². The molecule has 5 rings (SSSR count). The molecule has 2 atom stereocenters. The van der Waals surface area contributed by atoms with Gasteiger partial charge in [-0.2, -0.15) is 5.10 Å². The zero-order valence-electron chi connectivity index (χ0n) is 13.2. The van der Waals surface area contributed by atoms with Crippen molar-refractivity contribution in [1.29, 1.82) is 0 Å². The van der Waals surface area contributed by atoms with Crippen molar-refractivity contribution in [2.45, 2.75) is 18.7 Å². The zero-order chi connectivity index (χ0) is 16.8. The van der Waals surface area contributed by atoms with E-state index < -0.39 is 0 Å². The van der Waals surface area contributed by atoms with Gasteiger partial charge in [-0.25, -0.2) is 5.01 Å². The van der Waals surface area contributed by atoms with E-state index in [9.17, 15) is 0 Å². The van der Waals surface area contributed by atoms with E-state index in [-0.39, 0.29) is 12.3 Å². The third-order valence-corrected chi connectivity index (χ3v) is 4.78. The Hall–Kier alpha value is -2.79. The maximum atomic E-state index is 6.25. The van der Waals surface area contributed by atoms with Crippen LogP contribution in [0, 0.1) is 0 Å². The molecule has 3 aromatic rings. The van der Waals surface area contributed by atoms with Crippen LogP contribution in [0.25, 0.3) is 0 Å². The normalized spacial score (nSPS) is 21.3. The van der Waals surface area contributed by atoms with Crippen LogP contribution in [0.5, 0.6) is 5.75 Å². The average molecular weight is 352 g/mol. The van der Waals surface area contributed by atoms with E-state index >= 15 is 0 Å². The minimum absolute atomic E-state index is 0.0562. The molecule has 25 heavy (non-hydrogen) atoms. The minimum Gasteiger partial charge on any atom is -0.464 e. The van der Waals surface area contributed by atoms with Gasteiger partial charge in [0.2, 0.25) is 6.23 Å². The summed E-state index contributed by atoms with van der Waals surface area (Å²) in [6.45, 7) is 0. The van der Waals surface area contributed by atoms with Crippen molar-refractivity contribution >= 4 is 17.3 Å². The van der Waals surface area contributed by atoms with Gasteiger partial charge in [0, 0.05) is 35.0 Å². The van der Waals surface area contributed by atoms with Crippen LogP contribution in [-0.4, -0.2) is 15.7 Å². The van der Waals surface area contributed by atoms with Gasteiger partial charge in [0.1, 0.15) is 17.2 Å². The number of fused-ring (bicyclic) bond motifs is 3. The number of benzene rings is 1. The molecule has 0 saturated heterocycles. The van der Waals surface area contributed by atoms with E-state index in [1.165, 1.54) is 0 Å². The van der Waals surface area contributed by atoms with E-state index in [4.69, 9.17) is 25.9 Å². The second-order valence-corrected chi connectivity index (χ2v) is 6.49. The number of nitrogens with zero attached hydrogens (tertiary/aromatic N) is 3. The molecule has 6 heteroatoms. The first kappa shape index (κ1) is 14.5. The van der Waals surface area contributed by atoms with Gasteiger partial charge in [-0.15, -0.1) is 0 Å². The number of hydrazone groups is 1. The third kappa shape index (κ3) is 2.39. The molecular weight excluding hydrogens is 338 g/mol. The van der Waals surface area contributed by atoms with Crippen LogP contribution in [0.3, 0.4) is 0 Å². The number of hydrogen-bond donors (Lipinski definition) is 0. The molecule has 2 aliphatic heterocycles. The van der Waals surface area contributed by atoms with E-state index in [0.717, 1.165) is 34.8 Å². The average Bonchev–Trinajstić information content (AvgIpc) is 3.31. The number of ether oxygens (including phenoxy) is 1. The number of pyridine rings is 1. The molecular formula is C19H14ClN3O2. The summed E-state index contributed by atoms with van der Waals surface area (Å²) in [5.41, 5.74) is 2.96. The molecule has 2 aliphatic rings. The lowest BCUT2D eigenvalue weighted by Gasteiger charge is -2.38. The van der Waals surface area contributed by atoms with Gasteiger partial charge in [0.25, 0.3) is 0 Å². The van der Waals surface area contributed by atoms with Crippen LogP contribution in [0.2, 0.25) is 5.02 Å². The Morgan fingerprint density at radius 2 is 2.00 bits per heavy atom. The van der Waals surface area contributed by atoms with Gasteiger partial charge in [-0.05, 0) is 42.5 Å². The maximum Gasteiger partial charge on any atom is 0.213 e. The summed E-state index contributed by atoms with van der Waals surface area (Å²) >= 11 is 6.22. The maximum absolute atomic E-state index is 6.25. The zero-order valence-corrected chi connectivity index (χ0v) is 13.9. The first-order chi connectivity index (χ1) is 12.3. The Morgan fingerprint density at radius 3 is 2.80 bits per heavy atom. The number of rotatable bonds is 2. The van der Waals surface area contributed by atoms with Gasteiger partial charge < -0.3 is 9.15 Å². The summed E-state index contributed by atoms with van der Waals surface area (Å²) in [7, 11) is 0. The Kier molecular flexibility index (Phi) is 3.28. The van der Waals surface area contributed by atoms with E-state index in [1.54, 1.807) is 18.7 Å². The summed E-state index contributed by atoms with van der Waals surface area (Å²) in [4.78, 5) is 4.09. The molecule has 124 valence electrons. The standard InChI is InChI=1S/C19H14ClN3O2/c20-13-3-4-17-14(10-13)16-11-15(18-2-1-9-24-18)22-23(16)19(25-17)12-5-7-21-8-6-12/h1-10,16,19H,11H2. The van der Waals surface area contributed by atoms with Crippen molar-refractivity contribution in [2.24, 2.45) is 5.10 Å². The van der Waals surface area contributed by atoms with Crippen LogP contribution >= 0.6 is 11.6 Å². The molecule has 0 amide bonds. The molecule has 4 heterocycles. The van der Waals surface area contributed by atoms with Crippen LogP contribution < -0.4 is 4.74 Å². The van der Waals surface area contributed by atoms with Gasteiger partial charge in [-0.3, -0.25) is 4.98 Å². The fourth-order valence-electron chi connectivity index (χ4n) is 3.40. The smallest absolute Gasteiger partial charge is 0.213 e. The highest BCUT2D eigenvalue weighted by atomic mass is 35.5. The van der Waals surface area contributed by atoms with E-state index in [0.29, 0.717) is 5.02 Å². The SMILES string of the molecule is Clc1ccc2c(c1)C1CC(c3ccco3)=NN1C(c1ccncc1)O2. The van der Waals surface area contributed by atoms with Crippen LogP contribution in [-0.2, 0) is 0 Å². The van der Waals surface area contributed by atoms with Gasteiger partial charge in [0.15, 0.2) is 0 Å². The first-order valence-electron chi connectivity index (χ1n) is 8.05. The van der Waals surface area contributed by atoms with Crippen molar-refractivity contribution in [3.63, 3.8) is 0 Å². The summed E-state index contributed by atoms with van der Waals surface area (Å²) in [5, 5.41) is 7.49. The Bertz CT molecular complexity index is 941. The number of aromatic nitrogens is 1. The highest BCUT2D eigenvalue weighted by molar-refractivity contribution is 6.30. The largest absolute Gasteiger partial charge is 0.464 e. The second-order valence-electron chi connectivity index (χ2n) is 6.06. The number of hydrogen-bond acceptors (Lipinski definition) is 5. The van der Waals surface area contributed by atoms with Crippen molar-refractivity contribution in [3.8, 4) is 5.75 Å². The van der Waals surface area contributed by atoms with E-state index in [2.05, 4.69) is 4.98 Å². The Morgan fingerprint density at radius 1 is 1.12 bits per heavy atom. The lowest BCUT2D eigenvalue weighted by molar-refractivity contribution is -0.0190. The van der Waals surface area contributed by atoms with Crippen LogP contribution in [0.4, 0.5) is 0 Å². The molecule has 0 aliphatic carbocycles. The van der Waals surface area contributed by atoms with Crippen molar-refractivity contribution < 1.29 is 9.15 Å². The van der Waals surface area contributed by atoms with Crippen LogP contribution in [0.1, 0.15) is 35.6 Å². The third-order valence-electron chi connectivity index (χ3n) is 4.55. The summed E-state index contributed by atoms with van der Waals surface area (Å²) in [6, 6.07) is 13.5. The molecule has 0 radical (unpaired) electrons. The molecule has 2 aromatic heterocycles. The molecule has 0 N–H and O–H groups in total. The first-order valence-corrected chi connectivity index (χ1v) is 8.43. The molecule has 1 aromatic carbocycles. The molecule has 2 unspecified atom stereocenters. The topological polar surface area (TPSA) is 50.9 Å². The highest BCUT2D eigenvalue weighted by Gasteiger charge is 2.41. The lowest BCUT2D eigenvalue weighted by atomic mass is 9.97. The predicted molar refractivity (Wildman–Crippen MR) is 93.5 cm³/mol. The Balaban J connectivity index is 1.62. The fraction of sp³-hybridized carbons (Fsp3) is 0.158. The fourth-order valence-corrected chi connectivity index (χ4v) is 3.58. The number of halogens is 1. The summed E-state index contributed by atoms with van der Waals surface area (Å²) < 4.78 is 11.8. The van der Waals surface area contributed by atoms with E-state index in [1.807, 2.05) is 47.5 Å². The molecule has 0 fully saturated rings. The summed E-state index contributed by atoms with van der Waals surface area (Å²) in [5.74, 6) is 1.62. The van der Waals surface area contributed by atoms with Crippen LogP contribution in [0.15, 0.2) is 70.6 Å². The van der Waals surface area contributed by atoms with Gasteiger partial charge in [-0.1, -0.05) is 11.6 Å². The molecule has 5 nitrogen and oxygen atoms in total. The summed E-state index contributed by atoms with van der Waals surface area (Å²) in [6.07, 6.45) is 5.62. The monoisotopic (exact) mass is 351 g/mol. The Labute approximate surface area is 149 Å². The predicted octanol–water partition coefficient (Wildman–Crippen LogP) is 4.57. The molecule has 0 bridgehead atoms.